The van der Waals surface area contributed by atoms with Crippen molar-refractivity contribution in [1.82, 2.24) is 9.80 Å². The minimum absolute atomic E-state index is 0.136. The average molecular weight is 383 g/mol. The predicted molar refractivity (Wildman–Crippen MR) is 105 cm³/mol. The molecule has 0 atom stereocenters. The fourth-order valence-corrected chi connectivity index (χ4v) is 3.69. The van der Waals surface area contributed by atoms with E-state index in [0.29, 0.717) is 38.0 Å². The molecule has 0 spiro atoms. The van der Waals surface area contributed by atoms with Crippen LogP contribution >= 0.6 is 0 Å². The van der Waals surface area contributed by atoms with Crippen molar-refractivity contribution in [3.63, 3.8) is 0 Å². The van der Waals surface area contributed by atoms with E-state index in [1.807, 2.05) is 24.3 Å². The third kappa shape index (κ3) is 4.30. The number of carbonyl (C=O) groups is 2. The Morgan fingerprint density at radius 3 is 2.29 bits per heavy atom. The Hall–Kier alpha value is -2.96. The number of piperazine rings is 1. The summed E-state index contributed by atoms with van der Waals surface area (Å²) in [7, 11) is 0. The van der Waals surface area contributed by atoms with E-state index in [0.717, 1.165) is 24.3 Å². The summed E-state index contributed by atoms with van der Waals surface area (Å²) >= 11 is 0. The van der Waals surface area contributed by atoms with Crippen molar-refractivity contribution in [3.8, 4) is 5.75 Å². The van der Waals surface area contributed by atoms with Crippen LogP contribution in [-0.2, 0) is 0 Å². The highest BCUT2D eigenvalue weighted by Crippen LogP contribution is 2.25. The number of anilines is 1. The van der Waals surface area contributed by atoms with E-state index in [2.05, 4.69) is 5.32 Å². The third-order valence-electron chi connectivity index (χ3n) is 5.30. The van der Waals surface area contributed by atoms with Crippen molar-refractivity contribution in [1.29, 1.82) is 0 Å². The molecule has 1 aromatic carbocycles. The normalized spacial score (nSPS) is 17.6. The number of nitrogens with one attached hydrogen (secondary N) is 1. The van der Waals surface area contributed by atoms with Crippen molar-refractivity contribution in [3.05, 3.63) is 48.4 Å². The first kappa shape index (κ1) is 18.4. The van der Waals surface area contributed by atoms with Gasteiger partial charge in [-0.3, -0.25) is 4.79 Å². The second-order valence-electron chi connectivity index (χ2n) is 7.24. The van der Waals surface area contributed by atoms with Crippen molar-refractivity contribution in [2.45, 2.75) is 31.8 Å². The number of ether oxygens (including phenoxy) is 1. The zero-order chi connectivity index (χ0) is 19.3. The van der Waals surface area contributed by atoms with E-state index < -0.39 is 0 Å². The van der Waals surface area contributed by atoms with Crippen molar-refractivity contribution in [2.75, 3.05) is 31.5 Å². The van der Waals surface area contributed by atoms with E-state index in [9.17, 15) is 9.59 Å². The Balaban J connectivity index is 1.25. The highest BCUT2D eigenvalue weighted by atomic mass is 16.5. The van der Waals surface area contributed by atoms with Gasteiger partial charge in [-0.05, 0) is 62.1 Å². The highest BCUT2D eigenvalue weighted by Gasteiger charge is 2.26. The number of rotatable bonds is 4. The molecule has 2 aliphatic rings. The van der Waals surface area contributed by atoms with Gasteiger partial charge in [-0.1, -0.05) is 0 Å². The van der Waals surface area contributed by atoms with Gasteiger partial charge in [0, 0.05) is 31.9 Å². The van der Waals surface area contributed by atoms with E-state index >= 15 is 0 Å². The van der Waals surface area contributed by atoms with Crippen molar-refractivity contribution < 1.29 is 18.7 Å². The summed E-state index contributed by atoms with van der Waals surface area (Å²) in [4.78, 5) is 28.2. The topological polar surface area (TPSA) is 75.0 Å². The summed E-state index contributed by atoms with van der Waals surface area (Å²) in [6.07, 6.45) is 6.51. The molecule has 7 nitrogen and oxygen atoms in total. The van der Waals surface area contributed by atoms with E-state index in [-0.39, 0.29) is 11.9 Å². The number of hydrogen-bond acceptors (Lipinski definition) is 4. The molecular formula is C21H25N3O4. The molecule has 1 saturated heterocycles. The summed E-state index contributed by atoms with van der Waals surface area (Å²) < 4.78 is 11.1. The Labute approximate surface area is 164 Å². The first-order valence-electron chi connectivity index (χ1n) is 9.84. The van der Waals surface area contributed by atoms with Gasteiger partial charge in [0.1, 0.15) is 5.75 Å². The number of furan rings is 1. The molecule has 0 radical (unpaired) electrons. The van der Waals surface area contributed by atoms with Gasteiger partial charge in [0.2, 0.25) is 0 Å². The van der Waals surface area contributed by atoms with Crippen LogP contribution in [0.4, 0.5) is 10.5 Å². The lowest BCUT2D eigenvalue weighted by Gasteiger charge is -2.34. The number of hydrogen-bond donors (Lipinski definition) is 1. The third-order valence-corrected chi connectivity index (χ3v) is 5.30. The van der Waals surface area contributed by atoms with Gasteiger partial charge in [-0.15, -0.1) is 0 Å². The predicted octanol–water partition coefficient (Wildman–Crippen LogP) is 3.59. The highest BCUT2D eigenvalue weighted by molar-refractivity contribution is 5.92. The smallest absolute Gasteiger partial charge is 0.321 e. The maximum Gasteiger partial charge on any atom is 0.321 e. The lowest BCUT2D eigenvalue weighted by molar-refractivity contribution is 0.0640. The first-order valence-corrected chi connectivity index (χ1v) is 9.84. The average Bonchev–Trinajstić information content (AvgIpc) is 3.43. The molecule has 2 aromatic rings. The van der Waals surface area contributed by atoms with Gasteiger partial charge in [0.05, 0.1) is 12.4 Å². The molecular weight excluding hydrogens is 358 g/mol. The minimum Gasteiger partial charge on any atom is -0.490 e. The summed E-state index contributed by atoms with van der Waals surface area (Å²) in [6.45, 7) is 1.95. The van der Waals surface area contributed by atoms with Crippen LogP contribution in [0, 0.1) is 0 Å². The van der Waals surface area contributed by atoms with E-state index in [1.54, 1.807) is 21.9 Å². The number of amides is 3. The molecule has 4 rings (SSSR count). The minimum atomic E-state index is -0.158. The molecule has 1 saturated carbocycles. The largest absolute Gasteiger partial charge is 0.490 e. The molecule has 148 valence electrons. The molecule has 1 aliphatic carbocycles. The Morgan fingerprint density at radius 2 is 1.64 bits per heavy atom. The number of carbonyl (C=O) groups excluding carboxylic acids is 2. The van der Waals surface area contributed by atoms with E-state index in [1.165, 1.54) is 19.1 Å². The van der Waals surface area contributed by atoms with Crippen LogP contribution in [0.5, 0.6) is 5.75 Å². The summed E-state index contributed by atoms with van der Waals surface area (Å²) in [5, 5.41) is 2.91. The maximum atomic E-state index is 12.5. The SMILES string of the molecule is O=C(Nc1ccc(OC2CCCC2)cc1)N1CCN(C(=O)c2ccco2)CC1. The first-order chi connectivity index (χ1) is 13.7. The molecule has 0 bridgehead atoms. The van der Waals surface area contributed by atoms with Gasteiger partial charge in [-0.25, -0.2) is 4.79 Å². The zero-order valence-electron chi connectivity index (χ0n) is 15.8. The fourth-order valence-electron chi connectivity index (χ4n) is 3.69. The second kappa shape index (κ2) is 8.37. The number of nitrogens with zero attached hydrogens (tertiary/aromatic N) is 2. The van der Waals surface area contributed by atoms with Gasteiger partial charge in [-0.2, -0.15) is 0 Å². The monoisotopic (exact) mass is 383 g/mol. The lowest BCUT2D eigenvalue weighted by Crippen LogP contribution is -2.51. The number of urea groups is 1. The molecule has 1 N–H and O–H groups in total. The summed E-state index contributed by atoms with van der Waals surface area (Å²) in [5.41, 5.74) is 0.734. The van der Waals surface area contributed by atoms with Gasteiger partial charge in [0.15, 0.2) is 5.76 Å². The van der Waals surface area contributed by atoms with Crippen LogP contribution in [0.1, 0.15) is 36.2 Å². The van der Waals surface area contributed by atoms with Crippen LogP contribution in [0.25, 0.3) is 0 Å². The van der Waals surface area contributed by atoms with Gasteiger partial charge >= 0.3 is 6.03 Å². The van der Waals surface area contributed by atoms with Gasteiger partial charge < -0.3 is 24.3 Å². The standard InChI is InChI=1S/C21H25N3O4/c25-20(19-6-3-15-27-19)23-11-13-24(14-12-23)21(26)22-16-7-9-18(10-8-16)28-17-4-1-2-5-17/h3,6-10,15,17H,1-2,4-5,11-14H2,(H,22,26). The quantitative estimate of drug-likeness (QED) is 0.875. The Morgan fingerprint density at radius 1 is 0.964 bits per heavy atom. The van der Waals surface area contributed by atoms with E-state index in [4.69, 9.17) is 9.15 Å². The summed E-state index contributed by atoms with van der Waals surface area (Å²) in [6, 6.07) is 10.7. The molecule has 7 heteroatoms. The van der Waals surface area contributed by atoms with Crippen LogP contribution in [0.2, 0.25) is 0 Å². The maximum absolute atomic E-state index is 12.5. The lowest BCUT2D eigenvalue weighted by atomic mass is 10.2. The summed E-state index contributed by atoms with van der Waals surface area (Å²) in [5.74, 6) is 1.04. The molecule has 3 amide bonds. The molecule has 28 heavy (non-hydrogen) atoms. The van der Waals surface area contributed by atoms with Crippen molar-refractivity contribution >= 4 is 17.6 Å². The second-order valence-corrected chi connectivity index (χ2v) is 7.24. The Kier molecular flexibility index (Phi) is 5.50. The fraction of sp³-hybridized carbons (Fsp3) is 0.429. The van der Waals surface area contributed by atoms with Crippen LogP contribution in [-0.4, -0.2) is 54.0 Å². The van der Waals surface area contributed by atoms with Crippen LogP contribution < -0.4 is 10.1 Å². The van der Waals surface area contributed by atoms with Crippen LogP contribution in [0.3, 0.4) is 0 Å². The molecule has 2 heterocycles. The molecule has 1 aliphatic heterocycles. The molecule has 2 fully saturated rings. The zero-order valence-corrected chi connectivity index (χ0v) is 15.8. The van der Waals surface area contributed by atoms with Crippen molar-refractivity contribution in [2.24, 2.45) is 0 Å². The Bertz CT molecular complexity index is 790. The molecule has 0 unspecified atom stereocenters. The van der Waals surface area contributed by atoms with Crippen LogP contribution in [0.15, 0.2) is 47.1 Å². The molecule has 1 aromatic heterocycles. The van der Waals surface area contributed by atoms with Gasteiger partial charge in [0.25, 0.3) is 5.91 Å². The number of benzene rings is 1.